The highest BCUT2D eigenvalue weighted by molar-refractivity contribution is 5.94. The highest BCUT2D eigenvalue weighted by Crippen LogP contribution is 2.25. The van der Waals surface area contributed by atoms with Crippen LogP contribution in [0.1, 0.15) is 35.2 Å². The molecule has 1 amide bonds. The van der Waals surface area contributed by atoms with Crippen LogP contribution in [0.25, 0.3) is 0 Å². The summed E-state index contributed by atoms with van der Waals surface area (Å²) < 4.78 is 13.1. The van der Waals surface area contributed by atoms with Gasteiger partial charge in [0.1, 0.15) is 5.82 Å². The number of hydrogen-bond acceptors (Lipinski definition) is 2. The molecule has 1 fully saturated rings. The Morgan fingerprint density at radius 1 is 1.47 bits per heavy atom. The molecule has 0 bridgehead atoms. The monoisotopic (exact) mass is 286 g/mol. The zero-order valence-electron chi connectivity index (χ0n) is 11.0. The summed E-state index contributed by atoms with van der Waals surface area (Å²) in [6.45, 7) is 2.26. The third-order valence-corrected chi connectivity index (χ3v) is 3.70. The summed E-state index contributed by atoms with van der Waals surface area (Å²) in [5.74, 6) is -0.0498. The van der Waals surface area contributed by atoms with Gasteiger partial charge in [-0.05, 0) is 56.0 Å². The van der Waals surface area contributed by atoms with Crippen molar-refractivity contribution in [3.05, 3.63) is 35.1 Å². The van der Waals surface area contributed by atoms with Crippen LogP contribution in [0.15, 0.2) is 18.2 Å². The second-order valence-corrected chi connectivity index (χ2v) is 4.97. The van der Waals surface area contributed by atoms with Gasteiger partial charge in [0.15, 0.2) is 0 Å². The molecule has 106 valence electrons. The minimum atomic E-state index is -0.285. The highest BCUT2D eigenvalue weighted by atomic mass is 35.5. The van der Waals surface area contributed by atoms with Crippen LogP contribution in [0, 0.1) is 18.7 Å². The maximum atomic E-state index is 13.1. The van der Waals surface area contributed by atoms with Crippen LogP contribution in [0.4, 0.5) is 4.39 Å². The first kappa shape index (κ1) is 15.9. The first-order valence-electron chi connectivity index (χ1n) is 6.39. The fourth-order valence-corrected chi connectivity index (χ4v) is 2.55. The summed E-state index contributed by atoms with van der Waals surface area (Å²) in [7, 11) is 0. The van der Waals surface area contributed by atoms with Gasteiger partial charge in [0.25, 0.3) is 5.91 Å². The maximum absolute atomic E-state index is 13.1. The lowest BCUT2D eigenvalue weighted by molar-refractivity contribution is 0.0928. The number of aryl methyl sites for hydroxylation is 1. The normalized spacial score (nSPS) is 21.8. The largest absolute Gasteiger partial charge is 0.349 e. The van der Waals surface area contributed by atoms with Crippen LogP contribution in [0.2, 0.25) is 0 Å². The number of hydrogen-bond donors (Lipinski definition) is 2. The number of nitrogens with two attached hydrogens (primary N) is 1. The van der Waals surface area contributed by atoms with Crippen LogP contribution in [-0.4, -0.2) is 18.5 Å². The van der Waals surface area contributed by atoms with Gasteiger partial charge in [-0.1, -0.05) is 6.42 Å². The van der Waals surface area contributed by atoms with E-state index >= 15 is 0 Å². The van der Waals surface area contributed by atoms with Gasteiger partial charge in [-0.2, -0.15) is 0 Å². The molecule has 0 radical (unpaired) electrons. The van der Waals surface area contributed by atoms with E-state index in [1.807, 2.05) is 0 Å². The van der Waals surface area contributed by atoms with Gasteiger partial charge in [-0.25, -0.2) is 4.39 Å². The van der Waals surface area contributed by atoms with E-state index in [0.717, 1.165) is 19.3 Å². The third kappa shape index (κ3) is 3.67. The van der Waals surface area contributed by atoms with Gasteiger partial charge in [-0.15, -0.1) is 12.4 Å². The van der Waals surface area contributed by atoms with Crippen LogP contribution < -0.4 is 11.1 Å². The molecule has 2 atom stereocenters. The standard InChI is InChI=1S/C14H19FN2O.ClH/c1-9-7-10(5-6-12(9)15)14(18)17-13-4-2-3-11(13)8-16;/h5-7,11,13H,2-4,8,16H2,1H3,(H,17,18);1H. The number of carbonyl (C=O) groups is 1. The molecule has 1 aromatic carbocycles. The molecule has 0 heterocycles. The molecule has 0 aromatic heterocycles. The van der Waals surface area contributed by atoms with Crippen molar-refractivity contribution in [1.29, 1.82) is 0 Å². The van der Waals surface area contributed by atoms with Crippen molar-refractivity contribution in [1.82, 2.24) is 5.32 Å². The Balaban J connectivity index is 0.00000180. The van der Waals surface area contributed by atoms with E-state index in [2.05, 4.69) is 5.32 Å². The van der Waals surface area contributed by atoms with Crippen molar-refractivity contribution < 1.29 is 9.18 Å². The van der Waals surface area contributed by atoms with E-state index < -0.39 is 0 Å². The van der Waals surface area contributed by atoms with Crippen LogP contribution in [0.5, 0.6) is 0 Å². The van der Waals surface area contributed by atoms with Gasteiger partial charge in [0, 0.05) is 11.6 Å². The lowest BCUT2D eigenvalue weighted by Crippen LogP contribution is -2.39. The van der Waals surface area contributed by atoms with Gasteiger partial charge in [-0.3, -0.25) is 4.79 Å². The van der Waals surface area contributed by atoms with Crippen molar-refractivity contribution in [3.8, 4) is 0 Å². The van der Waals surface area contributed by atoms with Crippen LogP contribution in [0.3, 0.4) is 0 Å². The van der Waals surface area contributed by atoms with Crippen molar-refractivity contribution in [2.45, 2.75) is 32.2 Å². The molecule has 1 saturated carbocycles. The Kier molecular flexibility index (Phi) is 5.76. The van der Waals surface area contributed by atoms with E-state index in [1.165, 1.54) is 12.1 Å². The summed E-state index contributed by atoms with van der Waals surface area (Å²) in [6.07, 6.45) is 3.16. The lowest BCUT2D eigenvalue weighted by atomic mass is 10.0. The smallest absolute Gasteiger partial charge is 0.251 e. The summed E-state index contributed by atoms with van der Waals surface area (Å²) in [6, 6.07) is 4.59. The molecule has 0 aliphatic heterocycles. The van der Waals surface area contributed by atoms with E-state index in [0.29, 0.717) is 23.6 Å². The Morgan fingerprint density at radius 2 is 2.21 bits per heavy atom. The predicted molar refractivity (Wildman–Crippen MR) is 76.0 cm³/mol. The molecule has 1 aromatic rings. The van der Waals surface area contributed by atoms with Crippen molar-refractivity contribution >= 4 is 18.3 Å². The highest BCUT2D eigenvalue weighted by Gasteiger charge is 2.27. The molecule has 2 unspecified atom stereocenters. The Labute approximate surface area is 119 Å². The Morgan fingerprint density at radius 3 is 2.84 bits per heavy atom. The molecule has 0 spiro atoms. The Hall–Kier alpha value is -1.13. The number of halogens is 2. The number of carbonyl (C=O) groups excluding carboxylic acids is 1. The molecule has 3 nitrogen and oxygen atoms in total. The van der Waals surface area contributed by atoms with Crippen LogP contribution in [-0.2, 0) is 0 Å². The molecule has 1 aliphatic rings. The minimum absolute atomic E-state index is 0. The fraction of sp³-hybridized carbons (Fsp3) is 0.500. The van der Waals surface area contributed by atoms with Crippen LogP contribution >= 0.6 is 12.4 Å². The molecule has 0 saturated heterocycles. The number of benzene rings is 1. The first-order chi connectivity index (χ1) is 8.61. The van der Waals surface area contributed by atoms with Gasteiger partial charge in [0.05, 0.1) is 0 Å². The Bertz CT molecular complexity index is 453. The fourth-order valence-electron chi connectivity index (χ4n) is 2.55. The number of rotatable bonds is 3. The summed E-state index contributed by atoms with van der Waals surface area (Å²) >= 11 is 0. The van der Waals surface area contributed by atoms with Gasteiger partial charge >= 0.3 is 0 Å². The van der Waals surface area contributed by atoms with Gasteiger partial charge < -0.3 is 11.1 Å². The second kappa shape index (κ2) is 6.87. The van der Waals surface area contributed by atoms with Gasteiger partial charge in [0.2, 0.25) is 0 Å². The zero-order chi connectivity index (χ0) is 13.1. The van der Waals surface area contributed by atoms with E-state index in [4.69, 9.17) is 5.73 Å². The maximum Gasteiger partial charge on any atom is 0.251 e. The number of amides is 1. The second-order valence-electron chi connectivity index (χ2n) is 4.97. The molecule has 3 N–H and O–H groups in total. The molecule has 5 heteroatoms. The lowest BCUT2D eigenvalue weighted by Gasteiger charge is -2.19. The van der Waals surface area contributed by atoms with E-state index in [1.54, 1.807) is 13.0 Å². The van der Waals surface area contributed by atoms with Crippen molar-refractivity contribution in [2.75, 3.05) is 6.54 Å². The topological polar surface area (TPSA) is 55.1 Å². The summed E-state index contributed by atoms with van der Waals surface area (Å²) in [4.78, 5) is 12.1. The quantitative estimate of drug-likeness (QED) is 0.896. The predicted octanol–water partition coefficient (Wildman–Crippen LogP) is 2.41. The minimum Gasteiger partial charge on any atom is -0.349 e. The molecule has 2 rings (SSSR count). The SMILES string of the molecule is Cc1cc(C(=O)NC2CCCC2CN)ccc1F.Cl. The van der Waals surface area contributed by atoms with Crippen molar-refractivity contribution in [3.63, 3.8) is 0 Å². The zero-order valence-corrected chi connectivity index (χ0v) is 11.8. The summed E-state index contributed by atoms with van der Waals surface area (Å²) in [5, 5.41) is 3.00. The molecule has 1 aliphatic carbocycles. The van der Waals surface area contributed by atoms with E-state index in [9.17, 15) is 9.18 Å². The average Bonchev–Trinajstić information content (AvgIpc) is 2.79. The van der Waals surface area contributed by atoms with Crippen molar-refractivity contribution in [2.24, 2.45) is 11.7 Å². The summed E-state index contributed by atoms with van der Waals surface area (Å²) in [5.41, 5.74) is 6.68. The molecular formula is C14H20ClFN2O. The number of nitrogens with one attached hydrogen (secondary N) is 1. The molecular weight excluding hydrogens is 267 g/mol. The van der Waals surface area contributed by atoms with E-state index in [-0.39, 0.29) is 30.2 Å². The third-order valence-electron chi connectivity index (χ3n) is 3.70. The first-order valence-corrected chi connectivity index (χ1v) is 6.39. The average molecular weight is 287 g/mol. The molecule has 19 heavy (non-hydrogen) atoms.